The van der Waals surface area contributed by atoms with Crippen LogP contribution in [0.1, 0.15) is 24.8 Å². The molecule has 1 fully saturated rings. The molecule has 2 N–H and O–H groups in total. The molecule has 0 aliphatic heterocycles. The Balaban J connectivity index is 1.92. The van der Waals surface area contributed by atoms with Crippen molar-refractivity contribution in [1.82, 2.24) is 5.32 Å². The van der Waals surface area contributed by atoms with Gasteiger partial charge >= 0.3 is 5.97 Å². The van der Waals surface area contributed by atoms with E-state index in [1.54, 1.807) is 12.1 Å². The molecule has 0 saturated heterocycles. The molecule has 1 atom stereocenters. The molecule has 98 valence electrons. The predicted molar refractivity (Wildman–Crippen MR) is 70.2 cm³/mol. The van der Waals surface area contributed by atoms with Crippen LogP contribution in [0.15, 0.2) is 30.3 Å². The average Bonchev–Trinajstić information content (AvgIpc) is 3.21. The Labute approximate surface area is 111 Å². The monoisotopic (exact) mass is 257 g/mol. The summed E-state index contributed by atoms with van der Waals surface area (Å²) in [5.74, 6) is 4.01. The van der Waals surface area contributed by atoms with E-state index >= 15 is 0 Å². The second kappa shape index (κ2) is 6.05. The van der Waals surface area contributed by atoms with Gasteiger partial charge in [-0.3, -0.25) is 4.79 Å². The number of nitrogens with one attached hydrogen (secondary N) is 1. The number of hydrogen-bond donors (Lipinski definition) is 2. The number of benzene rings is 1. The Bertz CT molecular complexity index is 523. The third kappa shape index (κ3) is 4.47. The molecule has 1 unspecified atom stereocenters. The van der Waals surface area contributed by atoms with Gasteiger partial charge in [0, 0.05) is 11.5 Å². The van der Waals surface area contributed by atoms with Gasteiger partial charge in [-0.1, -0.05) is 37.0 Å². The maximum Gasteiger partial charge on any atom is 0.326 e. The largest absolute Gasteiger partial charge is 0.480 e. The molecule has 1 amide bonds. The van der Waals surface area contributed by atoms with Crippen LogP contribution in [0.5, 0.6) is 0 Å². The van der Waals surface area contributed by atoms with Gasteiger partial charge in [0.05, 0.1) is 0 Å². The first-order valence-electron chi connectivity index (χ1n) is 6.25. The summed E-state index contributed by atoms with van der Waals surface area (Å²) in [6.45, 7) is 0. The minimum Gasteiger partial charge on any atom is -0.480 e. The van der Waals surface area contributed by atoms with Crippen LogP contribution in [0.25, 0.3) is 0 Å². The molecule has 1 saturated carbocycles. The van der Waals surface area contributed by atoms with E-state index in [0.29, 0.717) is 12.3 Å². The highest BCUT2D eigenvalue weighted by Crippen LogP contribution is 2.33. The van der Waals surface area contributed by atoms with Crippen molar-refractivity contribution in [2.75, 3.05) is 0 Å². The number of amides is 1. The summed E-state index contributed by atoms with van der Waals surface area (Å²) in [6.07, 6.45) is 2.60. The van der Waals surface area contributed by atoms with Gasteiger partial charge in [0.25, 0.3) is 5.91 Å². The lowest BCUT2D eigenvalue weighted by molar-refractivity contribution is -0.141. The summed E-state index contributed by atoms with van der Waals surface area (Å²) in [5, 5.41) is 11.5. The van der Waals surface area contributed by atoms with E-state index in [2.05, 4.69) is 17.2 Å². The quantitative estimate of drug-likeness (QED) is 0.801. The Hall–Kier alpha value is -2.28. The highest BCUT2D eigenvalue weighted by Gasteiger charge is 2.29. The van der Waals surface area contributed by atoms with Crippen molar-refractivity contribution in [1.29, 1.82) is 0 Å². The molecule has 1 aromatic carbocycles. The first-order valence-corrected chi connectivity index (χ1v) is 6.25. The second-order valence-electron chi connectivity index (χ2n) is 4.66. The zero-order valence-electron chi connectivity index (χ0n) is 10.4. The van der Waals surface area contributed by atoms with E-state index in [0.717, 1.165) is 18.4 Å². The maximum absolute atomic E-state index is 11.6. The van der Waals surface area contributed by atoms with Crippen molar-refractivity contribution in [3.8, 4) is 11.8 Å². The van der Waals surface area contributed by atoms with E-state index in [-0.39, 0.29) is 0 Å². The topological polar surface area (TPSA) is 66.4 Å². The van der Waals surface area contributed by atoms with Crippen LogP contribution in [0.4, 0.5) is 0 Å². The third-order valence-electron chi connectivity index (χ3n) is 2.96. The summed E-state index contributed by atoms with van der Waals surface area (Å²) < 4.78 is 0. The summed E-state index contributed by atoms with van der Waals surface area (Å²) >= 11 is 0. The normalized spacial score (nSPS) is 14.9. The van der Waals surface area contributed by atoms with E-state index in [1.165, 1.54) is 0 Å². The van der Waals surface area contributed by atoms with Crippen molar-refractivity contribution >= 4 is 11.9 Å². The van der Waals surface area contributed by atoms with Crippen LogP contribution < -0.4 is 5.32 Å². The van der Waals surface area contributed by atoms with Crippen LogP contribution in [0.2, 0.25) is 0 Å². The predicted octanol–water partition coefficient (Wildman–Crippen LogP) is 1.41. The molecular weight excluding hydrogens is 242 g/mol. The highest BCUT2D eigenvalue weighted by molar-refractivity contribution is 5.96. The first kappa shape index (κ1) is 13.2. The van der Waals surface area contributed by atoms with Gasteiger partial charge in [-0.05, 0) is 24.5 Å². The molecule has 0 heterocycles. The smallest absolute Gasteiger partial charge is 0.326 e. The molecular formula is C15H15NO3. The molecule has 0 spiro atoms. The third-order valence-corrected chi connectivity index (χ3v) is 2.96. The maximum atomic E-state index is 11.6. The Morgan fingerprint density at radius 3 is 2.58 bits per heavy atom. The molecule has 1 aliphatic rings. The molecule has 0 radical (unpaired) electrons. The molecule has 0 bridgehead atoms. The Morgan fingerprint density at radius 1 is 1.32 bits per heavy atom. The number of hydrogen-bond acceptors (Lipinski definition) is 2. The van der Waals surface area contributed by atoms with Crippen molar-refractivity contribution in [3.63, 3.8) is 0 Å². The summed E-state index contributed by atoms with van der Waals surface area (Å²) in [5.41, 5.74) is 0.728. The van der Waals surface area contributed by atoms with E-state index in [4.69, 9.17) is 5.11 Å². The molecule has 2 rings (SSSR count). The van der Waals surface area contributed by atoms with E-state index in [9.17, 15) is 9.59 Å². The Morgan fingerprint density at radius 2 is 2.00 bits per heavy atom. The molecule has 4 heteroatoms. The number of rotatable bonds is 4. The van der Waals surface area contributed by atoms with Crippen molar-refractivity contribution in [2.45, 2.75) is 25.3 Å². The van der Waals surface area contributed by atoms with Crippen LogP contribution in [0.3, 0.4) is 0 Å². The van der Waals surface area contributed by atoms with Crippen molar-refractivity contribution in [2.24, 2.45) is 5.92 Å². The van der Waals surface area contributed by atoms with Gasteiger partial charge in [-0.25, -0.2) is 4.79 Å². The highest BCUT2D eigenvalue weighted by atomic mass is 16.4. The van der Waals surface area contributed by atoms with E-state index in [1.807, 2.05) is 18.2 Å². The minimum absolute atomic E-state index is 0.434. The molecule has 19 heavy (non-hydrogen) atoms. The summed E-state index contributed by atoms with van der Waals surface area (Å²) in [7, 11) is 0. The Kier molecular flexibility index (Phi) is 4.19. The van der Waals surface area contributed by atoms with E-state index < -0.39 is 17.9 Å². The fraction of sp³-hybridized carbons (Fsp3) is 0.333. The average molecular weight is 257 g/mol. The van der Waals surface area contributed by atoms with Crippen molar-refractivity contribution < 1.29 is 14.7 Å². The second-order valence-corrected chi connectivity index (χ2v) is 4.66. The number of carboxylic acids is 1. The SMILES string of the molecule is O=C(C#Cc1ccccc1)NC(CC1CC1)C(=O)O. The fourth-order valence-corrected chi connectivity index (χ4v) is 1.75. The van der Waals surface area contributed by atoms with Gasteiger partial charge in [-0.15, -0.1) is 0 Å². The van der Waals surface area contributed by atoms with Gasteiger partial charge in [0.1, 0.15) is 6.04 Å². The number of carbonyl (C=O) groups excluding carboxylic acids is 1. The number of aliphatic carboxylic acids is 1. The fourth-order valence-electron chi connectivity index (χ4n) is 1.75. The van der Waals surface area contributed by atoms with Crippen LogP contribution in [-0.4, -0.2) is 23.0 Å². The molecule has 0 aromatic heterocycles. The van der Waals surface area contributed by atoms with Crippen LogP contribution in [0, 0.1) is 17.8 Å². The lowest BCUT2D eigenvalue weighted by atomic mass is 10.1. The van der Waals surface area contributed by atoms with Gasteiger partial charge in [0.2, 0.25) is 0 Å². The zero-order chi connectivity index (χ0) is 13.7. The lowest BCUT2D eigenvalue weighted by Crippen LogP contribution is -2.40. The molecule has 1 aromatic rings. The minimum atomic E-state index is -0.998. The number of carbonyl (C=O) groups is 2. The van der Waals surface area contributed by atoms with Gasteiger partial charge < -0.3 is 10.4 Å². The molecule has 1 aliphatic carbocycles. The summed E-state index contributed by atoms with van der Waals surface area (Å²) in [6, 6.07) is 8.27. The molecule has 4 nitrogen and oxygen atoms in total. The zero-order valence-corrected chi connectivity index (χ0v) is 10.4. The summed E-state index contributed by atoms with van der Waals surface area (Å²) in [4.78, 5) is 22.6. The standard InChI is InChI=1S/C15H15NO3/c17-14(9-8-11-4-2-1-3-5-11)16-13(15(18)19)10-12-6-7-12/h1-5,12-13H,6-7,10H2,(H,16,17)(H,18,19). The first-order chi connectivity index (χ1) is 9.15. The van der Waals surface area contributed by atoms with Gasteiger partial charge in [0.15, 0.2) is 0 Å². The van der Waals surface area contributed by atoms with Crippen molar-refractivity contribution in [3.05, 3.63) is 35.9 Å². The van der Waals surface area contributed by atoms with Crippen LogP contribution in [-0.2, 0) is 9.59 Å². The van der Waals surface area contributed by atoms with Gasteiger partial charge in [-0.2, -0.15) is 0 Å². The lowest BCUT2D eigenvalue weighted by Gasteiger charge is -2.11. The number of carboxylic acid groups (broad SMARTS) is 1. The van der Waals surface area contributed by atoms with Crippen LogP contribution >= 0.6 is 0 Å².